The quantitative estimate of drug-likeness (QED) is 0.226. The van der Waals surface area contributed by atoms with Crippen molar-refractivity contribution in [1.29, 1.82) is 0 Å². The fourth-order valence-corrected chi connectivity index (χ4v) is 6.48. The van der Waals surface area contributed by atoms with Crippen LogP contribution in [0.2, 0.25) is 0 Å². The molecule has 45 heavy (non-hydrogen) atoms. The number of ether oxygens (including phenoxy) is 2. The lowest BCUT2D eigenvalue weighted by molar-refractivity contribution is -0.139. The van der Waals surface area contributed by atoms with Crippen LogP contribution in [0, 0.1) is 13.8 Å². The van der Waals surface area contributed by atoms with E-state index in [1.165, 1.54) is 44.4 Å². The molecule has 0 aromatic heterocycles. The van der Waals surface area contributed by atoms with Gasteiger partial charge in [-0.2, -0.15) is 0 Å². The van der Waals surface area contributed by atoms with Crippen LogP contribution in [-0.2, 0) is 32.6 Å². The minimum absolute atomic E-state index is 0.0213. The number of methoxy groups -OCH3 is 2. The average molecular weight is 630 g/mol. The van der Waals surface area contributed by atoms with Crippen LogP contribution < -0.4 is 19.1 Å². The molecule has 4 aromatic rings. The van der Waals surface area contributed by atoms with Gasteiger partial charge in [0.25, 0.3) is 10.0 Å². The van der Waals surface area contributed by atoms with Gasteiger partial charge in [-0.25, -0.2) is 8.42 Å². The number of anilines is 1. The molecule has 0 heterocycles. The van der Waals surface area contributed by atoms with Gasteiger partial charge in [0.05, 0.1) is 24.8 Å². The maximum Gasteiger partial charge on any atom is 0.264 e. The average Bonchev–Trinajstić information content (AvgIpc) is 3.05. The van der Waals surface area contributed by atoms with Crippen LogP contribution >= 0.6 is 0 Å². The van der Waals surface area contributed by atoms with Crippen LogP contribution in [0.25, 0.3) is 0 Å². The largest absolute Gasteiger partial charge is 0.493 e. The maximum atomic E-state index is 14.5. The lowest BCUT2D eigenvalue weighted by Gasteiger charge is -2.33. The van der Waals surface area contributed by atoms with E-state index in [1.54, 1.807) is 24.3 Å². The van der Waals surface area contributed by atoms with Gasteiger partial charge in [-0.15, -0.1) is 0 Å². The number of carbonyl (C=O) groups excluding carboxylic acids is 2. The van der Waals surface area contributed by atoms with E-state index in [2.05, 4.69) is 5.32 Å². The lowest BCUT2D eigenvalue weighted by Crippen LogP contribution is -2.53. The fourth-order valence-electron chi connectivity index (χ4n) is 5.07. The van der Waals surface area contributed by atoms with E-state index < -0.39 is 28.5 Å². The van der Waals surface area contributed by atoms with Gasteiger partial charge in [0.1, 0.15) is 12.6 Å². The third-order valence-corrected chi connectivity index (χ3v) is 9.28. The SMILES string of the molecule is CNC(=O)[C@H](Cc1ccccc1)N(Cc1cccc(C)c1)C(=O)CN(c1ccc(OC)c(OC)c1)S(=O)(=O)c1ccc(C)cc1. The monoisotopic (exact) mass is 629 g/mol. The molecule has 0 spiro atoms. The second kappa shape index (κ2) is 14.8. The van der Waals surface area contributed by atoms with Gasteiger partial charge in [0.2, 0.25) is 11.8 Å². The zero-order chi connectivity index (χ0) is 32.6. The molecule has 0 fully saturated rings. The van der Waals surface area contributed by atoms with Crippen LogP contribution in [0.1, 0.15) is 22.3 Å². The predicted octanol–water partition coefficient (Wildman–Crippen LogP) is 4.90. The number of likely N-dealkylation sites (N-methyl/N-ethyl adjacent to an activating group) is 1. The van der Waals surface area contributed by atoms with Crippen molar-refractivity contribution in [2.75, 3.05) is 32.1 Å². The van der Waals surface area contributed by atoms with Gasteiger partial charge in [-0.05, 0) is 49.2 Å². The molecule has 0 aliphatic heterocycles. The van der Waals surface area contributed by atoms with Crippen molar-refractivity contribution in [2.24, 2.45) is 0 Å². The Labute approximate surface area is 265 Å². The van der Waals surface area contributed by atoms with Gasteiger partial charge in [0.15, 0.2) is 11.5 Å². The first-order valence-electron chi connectivity index (χ1n) is 14.5. The zero-order valence-electron chi connectivity index (χ0n) is 26.2. The normalized spacial score (nSPS) is 11.8. The summed E-state index contributed by atoms with van der Waals surface area (Å²) in [6.45, 7) is 3.33. The Bertz CT molecular complexity index is 1730. The predicted molar refractivity (Wildman–Crippen MR) is 175 cm³/mol. The summed E-state index contributed by atoms with van der Waals surface area (Å²) in [4.78, 5) is 29.4. The minimum atomic E-state index is -4.25. The summed E-state index contributed by atoms with van der Waals surface area (Å²) in [7, 11) is 0.210. The molecule has 0 radical (unpaired) electrons. The third-order valence-electron chi connectivity index (χ3n) is 7.50. The first kappa shape index (κ1) is 33.1. The molecule has 1 atom stereocenters. The Balaban J connectivity index is 1.83. The highest BCUT2D eigenvalue weighted by atomic mass is 32.2. The van der Waals surface area contributed by atoms with E-state index in [0.29, 0.717) is 11.5 Å². The molecule has 10 heteroatoms. The van der Waals surface area contributed by atoms with Crippen molar-refractivity contribution >= 4 is 27.5 Å². The van der Waals surface area contributed by atoms with E-state index in [4.69, 9.17) is 9.47 Å². The van der Waals surface area contributed by atoms with Gasteiger partial charge in [0, 0.05) is 26.1 Å². The molecule has 9 nitrogen and oxygen atoms in total. The summed E-state index contributed by atoms with van der Waals surface area (Å²) in [6, 6.07) is 27.2. The Hall–Kier alpha value is -4.83. The smallest absolute Gasteiger partial charge is 0.264 e. The molecule has 1 N–H and O–H groups in total. The molecule has 236 valence electrons. The maximum absolute atomic E-state index is 14.5. The number of aryl methyl sites for hydroxylation is 2. The fraction of sp³-hybridized carbons (Fsp3) is 0.257. The zero-order valence-corrected chi connectivity index (χ0v) is 27.0. The van der Waals surface area contributed by atoms with Crippen LogP contribution in [0.15, 0.2) is 102 Å². The van der Waals surface area contributed by atoms with Crippen molar-refractivity contribution in [3.05, 3.63) is 119 Å². The number of rotatable bonds is 13. The van der Waals surface area contributed by atoms with Gasteiger partial charge in [-0.3, -0.25) is 13.9 Å². The van der Waals surface area contributed by atoms with E-state index in [-0.39, 0.29) is 29.5 Å². The number of sulfonamides is 1. The Morgan fingerprint density at radius 3 is 2.07 bits per heavy atom. The van der Waals surface area contributed by atoms with Crippen molar-refractivity contribution in [3.63, 3.8) is 0 Å². The first-order valence-corrected chi connectivity index (χ1v) is 15.9. The van der Waals surface area contributed by atoms with Crippen LogP contribution in [-0.4, -0.2) is 59.0 Å². The number of nitrogens with zero attached hydrogens (tertiary/aromatic N) is 2. The summed E-state index contributed by atoms with van der Waals surface area (Å²) in [5.74, 6) is -0.204. The molecule has 0 aliphatic rings. The molecule has 0 saturated heterocycles. The lowest BCUT2D eigenvalue weighted by atomic mass is 10.0. The van der Waals surface area contributed by atoms with Crippen LogP contribution in [0.4, 0.5) is 5.69 Å². The number of nitrogens with one attached hydrogen (secondary N) is 1. The summed E-state index contributed by atoms with van der Waals surface area (Å²) in [5, 5.41) is 2.70. The molecule has 0 bridgehead atoms. The van der Waals surface area contributed by atoms with Crippen LogP contribution in [0.5, 0.6) is 11.5 Å². The summed E-state index contributed by atoms with van der Waals surface area (Å²) in [5.41, 5.74) is 3.76. The summed E-state index contributed by atoms with van der Waals surface area (Å²) in [6.07, 6.45) is 0.235. The van der Waals surface area contributed by atoms with E-state index >= 15 is 0 Å². The third kappa shape index (κ3) is 8.02. The Morgan fingerprint density at radius 1 is 0.778 bits per heavy atom. The number of amides is 2. The second-order valence-electron chi connectivity index (χ2n) is 10.7. The molecule has 0 saturated carbocycles. The van der Waals surface area contributed by atoms with Gasteiger partial charge in [-0.1, -0.05) is 77.9 Å². The van der Waals surface area contributed by atoms with Crippen LogP contribution in [0.3, 0.4) is 0 Å². The van der Waals surface area contributed by atoms with Gasteiger partial charge < -0.3 is 19.7 Å². The second-order valence-corrected chi connectivity index (χ2v) is 12.6. The standard InChI is InChI=1S/C35H39N3O6S/c1-25-14-17-30(18-15-25)45(41,42)38(29-16-19-32(43-4)33(22-29)44-5)24-34(39)37(23-28-13-9-10-26(2)20-28)31(35(40)36-3)21-27-11-7-6-8-12-27/h6-20,22,31H,21,23-24H2,1-5H3,(H,36,40)/t31-/m0/s1. The Kier molecular flexibility index (Phi) is 10.9. The van der Waals surface area contributed by atoms with Gasteiger partial charge >= 0.3 is 0 Å². The number of hydrogen-bond donors (Lipinski definition) is 1. The topological polar surface area (TPSA) is 105 Å². The molecule has 0 aliphatic carbocycles. The van der Waals surface area contributed by atoms with Crippen molar-refractivity contribution in [3.8, 4) is 11.5 Å². The highest BCUT2D eigenvalue weighted by molar-refractivity contribution is 7.92. The molecular formula is C35H39N3O6S. The summed E-state index contributed by atoms with van der Waals surface area (Å²) < 4.78 is 40.3. The number of benzene rings is 4. The number of hydrogen-bond acceptors (Lipinski definition) is 6. The minimum Gasteiger partial charge on any atom is -0.493 e. The van der Waals surface area contributed by atoms with E-state index in [9.17, 15) is 18.0 Å². The first-order chi connectivity index (χ1) is 21.6. The Morgan fingerprint density at radius 2 is 1.44 bits per heavy atom. The van der Waals surface area contributed by atoms with Crippen molar-refractivity contribution < 1.29 is 27.5 Å². The molecular weight excluding hydrogens is 590 g/mol. The molecule has 0 unspecified atom stereocenters. The van der Waals surface area contributed by atoms with Crippen molar-refractivity contribution in [1.82, 2.24) is 10.2 Å². The highest BCUT2D eigenvalue weighted by Crippen LogP contribution is 2.34. The van der Waals surface area contributed by atoms with Crippen molar-refractivity contribution in [2.45, 2.75) is 37.8 Å². The van der Waals surface area contributed by atoms with E-state index in [0.717, 1.165) is 26.6 Å². The summed E-state index contributed by atoms with van der Waals surface area (Å²) >= 11 is 0. The highest BCUT2D eigenvalue weighted by Gasteiger charge is 2.34. The molecule has 2 amide bonds. The molecule has 4 rings (SSSR count). The molecule has 4 aromatic carbocycles. The van der Waals surface area contributed by atoms with E-state index in [1.807, 2.05) is 68.4 Å². The number of carbonyl (C=O) groups is 2.